The zero-order chi connectivity index (χ0) is 30.5. The molecule has 0 spiro atoms. The molecule has 0 radical (unpaired) electrons. The minimum atomic E-state index is -3.47. The van der Waals surface area contributed by atoms with Gasteiger partial charge in [-0.3, -0.25) is 4.68 Å². The Morgan fingerprint density at radius 2 is 1.82 bits per heavy atom. The molecule has 3 N–H and O–H groups in total. The Hall–Kier alpha value is -3.84. The van der Waals surface area contributed by atoms with Crippen molar-refractivity contribution in [2.45, 2.75) is 95.1 Å². The molecule has 2 saturated carbocycles. The summed E-state index contributed by atoms with van der Waals surface area (Å²) in [5.41, 5.74) is 3.93. The Morgan fingerprint density at radius 1 is 1.00 bits per heavy atom. The number of hydrogen-bond donors (Lipinski definition) is 3. The molecule has 3 aliphatic rings. The van der Waals surface area contributed by atoms with Crippen molar-refractivity contribution in [3.05, 3.63) is 48.7 Å². The summed E-state index contributed by atoms with van der Waals surface area (Å²) in [6, 6.07) is 6.20. The minimum absolute atomic E-state index is 0.272. The number of nitrogens with zero attached hydrogens (tertiary/aromatic N) is 7. The molecule has 44 heavy (non-hydrogen) atoms. The lowest BCUT2D eigenvalue weighted by atomic mass is 9.77. The molecule has 4 aromatic rings. The highest BCUT2D eigenvalue weighted by Crippen LogP contribution is 2.37. The number of aryl methyl sites for hydroxylation is 2. The van der Waals surface area contributed by atoms with Gasteiger partial charge in [-0.1, -0.05) is 0 Å². The van der Waals surface area contributed by atoms with E-state index in [1.54, 1.807) is 12.3 Å². The number of anilines is 3. The highest BCUT2D eigenvalue weighted by molar-refractivity contribution is 7.90. The second kappa shape index (κ2) is 11.3. The van der Waals surface area contributed by atoms with E-state index >= 15 is 0 Å². The van der Waals surface area contributed by atoms with Crippen molar-refractivity contribution >= 4 is 27.3 Å². The molecule has 232 valence electrons. The smallest absolute Gasteiger partial charge is 0.256 e. The van der Waals surface area contributed by atoms with Gasteiger partial charge >= 0.3 is 0 Å². The number of hydrogen-bond acceptors (Lipinski definition) is 10. The lowest BCUT2D eigenvalue weighted by Gasteiger charge is -2.36. The van der Waals surface area contributed by atoms with E-state index in [2.05, 4.69) is 36.4 Å². The molecule has 0 atom stereocenters. The molecule has 1 aliphatic heterocycles. The van der Waals surface area contributed by atoms with Crippen molar-refractivity contribution in [3.8, 4) is 22.6 Å². The number of aromatic nitrogens is 7. The van der Waals surface area contributed by atoms with E-state index < -0.39 is 15.6 Å². The van der Waals surface area contributed by atoms with Gasteiger partial charge in [-0.15, -0.1) is 0 Å². The maximum atomic E-state index is 12.6. The zero-order valence-electron chi connectivity index (χ0n) is 25.1. The van der Waals surface area contributed by atoms with E-state index in [-0.39, 0.29) is 11.3 Å². The molecule has 4 aromatic heterocycles. The van der Waals surface area contributed by atoms with Gasteiger partial charge in [0.25, 0.3) is 10.0 Å². The molecular formula is C31H39N9O3S. The summed E-state index contributed by atoms with van der Waals surface area (Å²) in [7, 11) is -3.47. The highest BCUT2D eigenvalue weighted by Gasteiger charge is 2.38. The molecule has 12 nitrogen and oxygen atoms in total. The fourth-order valence-electron chi connectivity index (χ4n) is 6.34. The summed E-state index contributed by atoms with van der Waals surface area (Å²) in [6.07, 6.45) is 15.0. The monoisotopic (exact) mass is 617 g/mol. The van der Waals surface area contributed by atoms with Gasteiger partial charge in [0.2, 0.25) is 0 Å². The van der Waals surface area contributed by atoms with Crippen molar-refractivity contribution in [2.75, 3.05) is 10.6 Å². The molecule has 7 rings (SSSR count). The summed E-state index contributed by atoms with van der Waals surface area (Å²) in [5.74, 6) is 1.81. The van der Waals surface area contributed by atoms with Gasteiger partial charge in [-0.2, -0.15) is 14.3 Å². The Bertz CT molecular complexity index is 1740. The molecule has 0 aromatic carbocycles. The van der Waals surface area contributed by atoms with Gasteiger partial charge in [0.1, 0.15) is 11.6 Å². The van der Waals surface area contributed by atoms with Crippen molar-refractivity contribution in [1.82, 2.24) is 33.9 Å². The molecule has 0 bridgehead atoms. The molecule has 2 aliphatic carbocycles. The summed E-state index contributed by atoms with van der Waals surface area (Å²) in [6.45, 7) is 4.75. The van der Waals surface area contributed by atoms with E-state index in [0.717, 1.165) is 66.1 Å². The topological polar surface area (TPSA) is 153 Å². The highest BCUT2D eigenvalue weighted by atomic mass is 32.2. The summed E-state index contributed by atoms with van der Waals surface area (Å²) < 4.78 is 28.3. The Labute approximate surface area is 257 Å². The van der Waals surface area contributed by atoms with Crippen molar-refractivity contribution in [2.24, 2.45) is 5.92 Å². The SMILES string of the molecule is CC(C)(O)C1CCC(Nc2cc(Nc3ccnc(-c4cnn(S(=O)(=O)C5CC5)c4)n3)ncc2-c2cc3n(n2)CCCC3)CC1. The van der Waals surface area contributed by atoms with Crippen LogP contribution in [0.1, 0.15) is 70.9 Å². The van der Waals surface area contributed by atoms with Crippen LogP contribution >= 0.6 is 0 Å². The van der Waals surface area contributed by atoms with E-state index in [1.165, 1.54) is 24.5 Å². The van der Waals surface area contributed by atoms with Gasteiger partial charge < -0.3 is 15.7 Å². The van der Waals surface area contributed by atoms with Gasteiger partial charge in [0, 0.05) is 48.0 Å². The normalized spacial score (nSPS) is 20.7. The largest absolute Gasteiger partial charge is 0.390 e. The van der Waals surface area contributed by atoms with Crippen LogP contribution in [0.25, 0.3) is 22.6 Å². The first-order chi connectivity index (χ1) is 21.1. The molecule has 0 saturated heterocycles. The van der Waals surface area contributed by atoms with Crippen LogP contribution in [0.3, 0.4) is 0 Å². The quantitative estimate of drug-likeness (QED) is 0.240. The van der Waals surface area contributed by atoms with Gasteiger partial charge in [-0.05, 0) is 89.7 Å². The van der Waals surface area contributed by atoms with Crippen molar-refractivity contribution < 1.29 is 13.5 Å². The predicted molar refractivity (Wildman–Crippen MR) is 168 cm³/mol. The lowest BCUT2D eigenvalue weighted by Crippen LogP contribution is -2.37. The average molecular weight is 618 g/mol. The number of pyridine rings is 1. The second-order valence-corrected chi connectivity index (χ2v) is 15.0. The number of rotatable bonds is 9. The Morgan fingerprint density at radius 3 is 2.57 bits per heavy atom. The van der Waals surface area contributed by atoms with Crippen molar-refractivity contribution in [1.29, 1.82) is 0 Å². The summed E-state index contributed by atoms with van der Waals surface area (Å²) in [4.78, 5) is 13.7. The maximum Gasteiger partial charge on any atom is 0.256 e. The Balaban J connectivity index is 1.14. The summed E-state index contributed by atoms with van der Waals surface area (Å²) >= 11 is 0. The van der Waals surface area contributed by atoms with Crippen LogP contribution in [0.4, 0.5) is 17.3 Å². The average Bonchev–Trinajstić information content (AvgIpc) is 3.59. The maximum absolute atomic E-state index is 12.6. The van der Waals surface area contributed by atoms with Crippen LogP contribution in [-0.4, -0.2) is 64.3 Å². The summed E-state index contributed by atoms with van der Waals surface area (Å²) in [5, 5.41) is 26.3. The van der Waals surface area contributed by atoms with Gasteiger partial charge in [-0.25, -0.2) is 23.4 Å². The molecular weight excluding hydrogens is 578 g/mol. The number of aliphatic hydroxyl groups is 1. The first-order valence-corrected chi connectivity index (χ1v) is 17.1. The third-order valence-electron chi connectivity index (χ3n) is 9.12. The van der Waals surface area contributed by atoms with Crippen LogP contribution in [0.15, 0.2) is 43.0 Å². The van der Waals surface area contributed by atoms with E-state index in [4.69, 9.17) is 10.1 Å². The zero-order valence-corrected chi connectivity index (χ0v) is 26.0. The molecule has 0 amide bonds. The molecule has 5 heterocycles. The van der Waals surface area contributed by atoms with Crippen LogP contribution in [-0.2, 0) is 23.0 Å². The van der Waals surface area contributed by atoms with Crippen LogP contribution in [0.5, 0.6) is 0 Å². The lowest BCUT2D eigenvalue weighted by molar-refractivity contribution is -0.000391. The van der Waals surface area contributed by atoms with E-state index in [9.17, 15) is 13.5 Å². The van der Waals surface area contributed by atoms with Crippen molar-refractivity contribution in [3.63, 3.8) is 0 Å². The number of fused-ring (bicyclic) bond motifs is 1. The van der Waals surface area contributed by atoms with Crippen LogP contribution in [0, 0.1) is 5.92 Å². The third kappa shape index (κ3) is 5.94. The van der Waals surface area contributed by atoms with Gasteiger partial charge in [0.05, 0.1) is 34.5 Å². The van der Waals surface area contributed by atoms with Gasteiger partial charge in [0.15, 0.2) is 5.82 Å². The fraction of sp³-hybridized carbons (Fsp3) is 0.516. The fourth-order valence-corrected chi connectivity index (χ4v) is 7.81. The van der Waals surface area contributed by atoms with E-state index in [0.29, 0.717) is 41.8 Å². The first kappa shape index (κ1) is 28.9. The standard InChI is InChI=1S/C31H39N9O3S/c1-31(2,41)21-6-8-22(9-7-21)35-26-16-29(33-18-25(26)27-15-23-5-3-4-14-39(23)38-27)36-28-12-13-32-30(37-28)20-17-34-40(19-20)44(42,43)24-10-11-24/h12-13,15-19,21-22,24,41H,3-11,14H2,1-2H3,(H2,32,33,35,36,37). The molecule has 0 unspecified atom stereocenters. The second-order valence-electron chi connectivity index (χ2n) is 12.9. The number of nitrogens with one attached hydrogen (secondary N) is 2. The van der Waals surface area contributed by atoms with Crippen LogP contribution in [0.2, 0.25) is 0 Å². The molecule has 2 fully saturated rings. The first-order valence-electron chi connectivity index (χ1n) is 15.6. The minimum Gasteiger partial charge on any atom is -0.390 e. The van der Waals surface area contributed by atoms with E-state index in [1.807, 2.05) is 26.1 Å². The third-order valence-corrected chi connectivity index (χ3v) is 11.2. The predicted octanol–water partition coefficient (Wildman–Crippen LogP) is 4.76. The molecule has 13 heteroatoms. The Kier molecular flexibility index (Phi) is 7.40. The van der Waals surface area contributed by atoms with Crippen LogP contribution < -0.4 is 10.6 Å².